The van der Waals surface area contributed by atoms with Gasteiger partial charge in [-0.1, -0.05) is 47.2 Å². The standard InChI is InChI=1S/C13H15N3O/c1-11(10-17)7-8-16-9-13(14-15-16)12-5-3-2-4-6-12/h2-7,9,17H,8,10H2,1H3/b11-7+. The van der Waals surface area contributed by atoms with Crippen molar-refractivity contribution in [3.63, 3.8) is 0 Å². The molecule has 1 aromatic carbocycles. The highest BCUT2D eigenvalue weighted by atomic mass is 16.3. The van der Waals surface area contributed by atoms with E-state index in [2.05, 4.69) is 10.3 Å². The summed E-state index contributed by atoms with van der Waals surface area (Å²) in [7, 11) is 0. The van der Waals surface area contributed by atoms with Gasteiger partial charge >= 0.3 is 0 Å². The van der Waals surface area contributed by atoms with Gasteiger partial charge in [0.05, 0.1) is 19.3 Å². The Morgan fingerprint density at radius 3 is 2.82 bits per heavy atom. The lowest BCUT2D eigenvalue weighted by atomic mass is 10.2. The van der Waals surface area contributed by atoms with Gasteiger partial charge < -0.3 is 5.11 Å². The number of nitrogens with zero attached hydrogens (tertiary/aromatic N) is 3. The van der Waals surface area contributed by atoms with Gasteiger partial charge in [-0.3, -0.25) is 0 Å². The zero-order valence-electron chi connectivity index (χ0n) is 9.74. The van der Waals surface area contributed by atoms with E-state index in [1.807, 2.05) is 49.5 Å². The molecule has 0 bridgehead atoms. The molecule has 1 N–H and O–H groups in total. The van der Waals surface area contributed by atoms with Crippen LogP contribution in [-0.4, -0.2) is 26.7 Å². The molecule has 2 aromatic rings. The SMILES string of the molecule is C/C(=C\Cn1cc(-c2ccccc2)nn1)CO. The summed E-state index contributed by atoms with van der Waals surface area (Å²) in [6.07, 6.45) is 3.83. The Labute approximate surface area is 100 Å². The first-order valence-corrected chi connectivity index (χ1v) is 5.51. The number of hydrogen-bond acceptors (Lipinski definition) is 3. The Morgan fingerprint density at radius 1 is 1.35 bits per heavy atom. The molecular weight excluding hydrogens is 214 g/mol. The van der Waals surface area contributed by atoms with Crippen LogP contribution in [0.4, 0.5) is 0 Å². The van der Waals surface area contributed by atoms with Crippen LogP contribution in [0.25, 0.3) is 11.3 Å². The van der Waals surface area contributed by atoms with Crippen molar-refractivity contribution in [2.24, 2.45) is 0 Å². The molecule has 0 aliphatic rings. The molecule has 0 aliphatic carbocycles. The number of aromatic nitrogens is 3. The van der Waals surface area contributed by atoms with Crippen LogP contribution >= 0.6 is 0 Å². The van der Waals surface area contributed by atoms with Gasteiger partial charge in [-0.15, -0.1) is 5.10 Å². The Hall–Kier alpha value is -1.94. The van der Waals surface area contributed by atoms with E-state index >= 15 is 0 Å². The van der Waals surface area contributed by atoms with Crippen molar-refractivity contribution < 1.29 is 5.11 Å². The van der Waals surface area contributed by atoms with E-state index in [0.29, 0.717) is 6.54 Å². The van der Waals surface area contributed by atoms with E-state index in [0.717, 1.165) is 16.8 Å². The van der Waals surface area contributed by atoms with Crippen molar-refractivity contribution in [1.29, 1.82) is 0 Å². The molecule has 0 spiro atoms. The van der Waals surface area contributed by atoms with Crippen LogP contribution in [0.2, 0.25) is 0 Å². The molecule has 1 aromatic heterocycles. The van der Waals surface area contributed by atoms with Gasteiger partial charge in [-0.2, -0.15) is 0 Å². The van der Waals surface area contributed by atoms with Crippen LogP contribution in [0, 0.1) is 0 Å². The normalized spacial score (nSPS) is 11.8. The molecule has 4 heteroatoms. The zero-order valence-corrected chi connectivity index (χ0v) is 9.74. The fourth-order valence-electron chi connectivity index (χ4n) is 1.44. The Kier molecular flexibility index (Phi) is 3.67. The highest BCUT2D eigenvalue weighted by molar-refractivity contribution is 5.57. The highest BCUT2D eigenvalue weighted by Crippen LogP contribution is 2.14. The van der Waals surface area contributed by atoms with Crippen molar-refractivity contribution in [1.82, 2.24) is 15.0 Å². The first-order valence-electron chi connectivity index (χ1n) is 5.51. The monoisotopic (exact) mass is 229 g/mol. The van der Waals surface area contributed by atoms with Crippen LogP contribution in [0.5, 0.6) is 0 Å². The van der Waals surface area contributed by atoms with Gasteiger partial charge in [0, 0.05) is 5.56 Å². The number of aliphatic hydroxyl groups excluding tert-OH is 1. The topological polar surface area (TPSA) is 50.9 Å². The lowest BCUT2D eigenvalue weighted by molar-refractivity contribution is 0.330. The van der Waals surface area contributed by atoms with E-state index in [-0.39, 0.29) is 6.61 Å². The largest absolute Gasteiger partial charge is 0.392 e. The molecule has 0 saturated carbocycles. The van der Waals surface area contributed by atoms with E-state index in [1.165, 1.54) is 0 Å². The van der Waals surface area contributed by atoms with Crippen molar-refractivity contribution in [3.05, 3.63) is 48.2 Å². The maximum Gasteiger partial charge on any atom is 0.113 e. The van der Waals surface area contributed by atoms with Gasteiger partial charge in [-0.25, -0.2) is 4.68 Å². The minimum absolute atomic E-state index is 0.0836. The predicted octanol–water partition coefficient (Wildman–Crippen LogP) is 1.88. The number of rotatable bonds is 4. The van der Waals surface area contributed by atoms with Gasteiger partial charge in [-0.05, 0) is 6.92 Å². The molecule has 88 valence electrons. The van der Waals surface area contributed by atoms with Gasteiger partial charge in [0.1, 0.15) is 5.69 Å². The number of allylic oxidation sites excluding steroid dienone is 1. The third kappa shape index (κ3) is 3.01. The molecular formula is C13H15N3O. The Morgan fingerprint density at radius 2 is 2.12 bits per heavy atom. The van der Waals surface area contributed by atoms with Gasteiger partial charge in [0.2, 0.25) is 0 Å². The minimum atomic E-state index is 0.0836. The third-order valence-corrected chi connectivity index (χ3v) is 2.48. The highest BCUT2D eigenvalue weighted by Gasteiger charge is 2.01. The average Bonchev–Trinajstić information content (AvgIpc) is 2.86. The molecule has 0 saturated heterocycles. The van der Waals surface area contributed by atoms with Crippen molar-refractivity contribution in [3.8, 4) is 11.3 Å². The second-order valence-electron chi connectivity index (χ2n) is 3.90. The molecule has 0 amide bonds. The molecule has 0 radical (unpaired) electrons. The van der Waals surface area contributed by atoms with Crippen LogP contribution in [-0.2, 0) is 6.54 Å². The summed E-state index contributed by atoms with van der Waals surface area (Å²) >= 11 is 0. The molecule has 1 heterocycles. The zero-order chi connectivity index (χ0) is 12.1. The van der Waals surface area contributed by atoms with E-state index < -0.39 is 0 Å². The predicted molar refractivity (Wildman–Crippen MR) is 66.3 cm³/mol. The smallest absolute Gasteiger partial charge is 0.113 e. The Bertz CT molecular complexity index is 502. The fraction of sp³-hybridized carbons (Fsp3) is 0.231. The first-order chi connectivity index (χ1) is 8.29. The van der Waals surface area contributed by atoms with Crippen LogP contribution in [0.15, 0.2) is 48.2 Å². The third-order valence-electron chi connectivity index (χ3n) is 2.48. The number of benzene rings is 1. The molecule has 0 fully saturated rings. The van der Waals surface area contributed by atoms with Gasteiger partial charge in [0.25, 0.3) is 0 Å². The second-order valence-corrected chi connectivity index (χ2v) is 3.90. The van der Waals surface area contributed by atoms with Crippen molar-refractivity contribution in [2.75, 3.05) is 6.61 Å². The summed E-state index contributed by atoms with van der Waals surface area (Å²) in [5.41, 5.74) is 2.85. The molecule has 0 unspecified atom stereocenters. The van der Waals surface area contributed by atoms with E-state index in [1.54, 1.807) is 4.68 Å². The quantitative estimate of drug-likeness (QED) is 0.814. The second kappa shape index (κ2) is 5.41. The lowest BCUT2D eigenvalue weighted by Gasteiger charge is -1.96. The maximum atomic E-state index is 8.88. The summed E-state index contributed by atoms with van der Waals surface area (Å²) < 4.78 is 1.75. The first kappa shape index (κ1) is 11.5. The molecule has 0 aliphatic heterocycles. The van der Waals surface area contributed by atoms with E-state index in [4.69, 9.17) is 5.11 Å². The fourth-order valence-corrected chi connectivity index (χ4v) is 1.44. The molecule has 2 rings (SSSR count). The van der Waals surface area contributed by atoms with Crippen LogP contribution < -0.4 is 0 Å². The van der Waals surface area contributed by atoms with Crippen LogP contribution in [0.3, 0.4) is 0 Å². The average molecular weight is 229 g/mol. The summed E-state index contributed by atoms with van der Waals surface area (Å²) in [5.74, 6) is 0. The number of aliphatic hydroxyl groups is 1. The van der Waals surface area contributed by atoms with Crippen LogP contribution in [0.1, 0.15) is 6.92 Å². The lowest BCUT2D eigenvalue weighted by Crippen LogP contribution is -1.97. The molecule has 0 atom stereocenters. The molecule has 4 nitrogen and oxygen atoms in total. The van der Waals surface area contributed by atoms with Crippen molar-refractivity contribution in [2.45, 2.75) is 13.5 Å². The van der Waals surface area contributed by atoms with Crippen molar-refractivity contribution >= 4 is 0 Å². The number of hydrogen-bond donors (Lipinski definition) is 1. The minimum Gasteiger partial charge on any atom is -0.392 e. The summed E-state index contributed by atoms with van der Waals surface area (Å²) in [6.45, 7) is 2.60. The summed E-state index contributed by atoms with van der Waals surface area (Å²) in [6, 6.07) is 9.93. The molecule has 17 heavy (non-hydrogen) atoms. The summed E-state index contributed by atoms with van der Waals surface area (Å²) in [5, 5.41) is 17.0. The Balaban J connectivity index is 2.12. The van der Waals surface area contributed by atoms with Gasteiger partial charge in [0.15, 0.2) is 0 Å². The van der Waals surface area contributed by atoms with E-state index in [9.17, 15) is 0 Å². The summed E-state index contributed by atoms with van der Waals surface area (Å²) in [4.78, 5) is 0. The maximum absolute atomic E-state index is 8.88.